The summed E-state index contributed by atoms with van der Waals surface area (Å²) in [6, 6.07) is 13.1. The number of aromatic nitrogens is 1. The third kappa shape index (κ3) is 5.17. The average molecular weight is 460 g/mol. The minimum absolute atomic E-state index is 0.0125. The highest BCUT2D eigenvalue weighted by atomic mass is 16.2. The van der Waals surface area contributed by atoms with E-state index in [0.29, 0.717) is 11.5 Å². The van der Waals surface area contributed by atoms with Gasteiger partial charge < -0.3 is 21.3 Å². The second kappa shape index (κ2) is 10.3. The van der Waals surface area contributed by atoms with Crippen molar-refractivity contribution in [3.63, 3.8) is 0 Å². The van der Waals surface area contributed by atoms with Crippen LogP contribution in [0, 0.1) is 0 Å². The summed E-state index contributed by atoms with van der Waals surface area (Å²) < 4.78 is 0. The molecule has 4 rings (SSSR count). The van der Waals surface area contributed by atoms with Crippen LogP contribution in [0.15, 0.2) is 70.9 Å². The molecule has 3 aromatic rings. The molecule has 1 unspecified atom stereocenters. The topological polar surface area (TPSA) is 112 Å². The van der Waals surface area contributed by atoms with Crippen LogP contribution < -0.4 is 32.1 Å². The number of amides is 1. The normalized spacial score (nSPS) is 18.6. The molecule has 3 atom stereocenters. The summed E-state index contributed by atoms with van der Waals surface area (Å²) in [6.45, 7) is 5.47. The Morgan fingerprint density at radius 1 is 1.06 bits per heavy atom. The van der Waals surface area contributed by atoms with E-state index in [9.17, 15) is 14.4 Å². The van der Waals surface area contributed by atoms with Crippen molar-refractivity contribution in [1.29, 1.82) is 0 Å². The number of hydrogen-bond acceptors (Lipinski definition) is 7. The molecule has 34 heavy (non-hydrogen) atoms. The zero-order valence-corrected chi connectivity index (χ0v) is 19.1. The number of carbonyl (C=O) groups excluding carboxylic acids is 1. The Morgan fingerprint density at radius 2 is 1.76 bits per heavy atom. The van der Waals surface area contributed by atoms with Crippen LogP contribution in [0.1, 0.15) is 44.2 Å². The summed E-state index contributed by atoms with van der Waals surface area (Å²) in [7, 11) is 0. The second-order valence-corrected chi connectivity index (χ2v) is 8.59. The van der Waals surface area contributed by atoms with Crippen molar-refractivity contribution in [2.24, 2.45) is 0 Å². The largest absolute Gasteiger partial charge is 0.373 e. The van der Waals surface area contributed by atoms with E-state index in [4.69, 9.17) is 0 Å². The monoisotopic (exact) mass is 459 g/mol. The van der Waals surface area contributed by atoms with Crippen molar-refractivity contribution in [1.82, 2.24) is 10.3 Å². The lowest BCUT2D eigenvalue weighted by Gasteiger charge is -2.33. The summed E-state index contributed by atoms with van der Waals surface area (Å²) in [6.07, 6.45) is 6.82. The van der Waals surface area contributed by atoms with Gasteiger partial charge >= 0.3 is 0 Å². The van der Waals surface area contributed by atoms with E-state index >= 15 is 0 Å². The molecule has 0 spiro atoms. The second-order valence-electron chi connectivity index (χ2n) is 8.59. The fourth-order valence-corrected chi connectivity index (χ4v) is 4.33. The molecule has 0 radical (unpaired) electrons. The van der Waals surface area contributed by atoms with Gasteiger partial charge in [-0.2, -0.15) is 0 Å². The molecule has 0 saturated heterocycles. The van der Waals surface area contributed by atoms with Gasteiger partial charge in [0.05, 0.1) is 0 Å². The number of rotatable bonds is 9. The van der Waals surface area contributed by atoms with Gasteiger partial charge in [-0.05, 0) is 37.5 Å². The molecule has 0 bridgehead atoms. The Balaban J connectivity index is 1.46. The molecular formula is C26H29N5O3. The third-order valence-electron chi connectivity index (χ3n) is 6.21. The Bertz CT molecular complexity index is 1230. The molecule has 8 nitrogen and oxygen atoms in total. The van der Waals surface area contributed by atoms with E-state index in [-0.39, 0.29) is 35.4 Å². The van der Waals surface area contributed by atoms with E-state index in [1.165, 1.54) is 6.08 Å². The van der Waals surface area contributed by atoms with Crippen LogP contribution in [0.3, 0.4) is 0 Å². The SMILES string of the molecule is C=CC(=O)N[C@@H]1CCCC[C@@H]1Nc1cc(Nc2c(NC(C)c3ccccc3)c(=O)c2=O)ccn1. The first kappa shape index (κ1) is 23.2. The van der Waals surface area contributed by atoms with Crippen molar-refractivity contribution in [2.45, 2.75) is 50.7 Å². The quantitative estimate of drug-likeness (QED) is 0.286. The molecule has 176 valence electrons. The number of pyridine rings is 1. The zero-order valence-electron chi connectivity index (χ0n) is 19.1. The highest BCUT2D eigenvalue weighted by Gasteiger charge is 2.27. The predicted octanol–water partition coefficient (Wildman–Crippen LogP) is 3.62. The van der Waals surface area contributed by atoms with Crippen molar-refractivity contribution in [2.75, 3.05) is 16.0 Å². The smallest absolute Gasteiger partial charge is 0.253 e. The van der Waals surface area contributed by atoms with Crippen LogP contribution in [-0.2, 0) is 4.79 Å². The molecule has 1 aliphatic carbocycles. The standard InChI is InChI=1S/C26H29N5O3/c1-3-22(32)31-20-12-8-7-11-19(20)30-21-15-18(13-14-27-21)29-24-23(25(33)26(24)34)28-16(2)17-9-5-4-6-10-17/h3-6,9-10,13-16,19-20,28H,1,7-8,11-12H2,2H3,(H,31,32)(H2,27,29,30)/t16?,19-,20+/m0/s1. The minimum Gasteiger partial charge on any atom is -0.373 e. The lowest BCUT2D eigenvalue weighted by molar-refractivity contribution is -0.117. The van der Waals surface area contributed by atoms with Crippen LogP contribution >= 0.6 is 0 Å². The van der Waals surface area contributed by atoms with Gasteiger partial charge in [-0.15, -0.1) is 0 Å². The van der Waals surface area contributed by atoms with Crippen molar-refractivity contribution >= 4 is 28.8 Å². The molecule has 1 saturated carbocycles. The maximum Gasteiger partial charge on any atom is 0.253 e. The number of benzene rings is 1. The summed E-state index contributed by atoms with van der Waals surface area (Å²) >= 11 is 0. The number of carbonyl (C=O) groups is 1. The Morgan fingerprint density at radius 3 is 2.50 bits per heavy atom. The molecular weight excluding hydrogens is 430 g/mol. The first-order valence-corrected chi connectivity index (χ1v) is 11.5. The van der Waals surface area contributed by atoms with Gasteiger partial charge in [0.15, 0.2) is 0 Å². The van der Waals surface area contributed by atoms with E-state index in [1.807, 2.05) is 37.3 Å². The van der Waals surface area contributed by atoms with Crippen LogP contribution in [0.4, 0.5) is 22.9 Å². The molecule has 4 N–H and O–H groups in total. The number of nitrogens with one attached hydrogen (secondary N) is 4. The molecule has 1 fully saturated rings. The molecule has 0 aliphatic heterocycles. The average Bonchev–Trinajstić information content (AvgIpc) is 2.87. The summed E-state index contributed by atoms with van der Waals surface area (Å²) in [5.74, 6) is 0.438. The Hall–Kier alpha value is -3.94. The highest BCUT2D eigenvalue weighted by Crippen LogP contribution is 2.27. The molecule has 1 aliphatic rings. The number of anilines is 4. The molecule has 1 heterocycles. The van der Waals surface area contributed by atoms with Gasteiger partial charge in [0, 0.05) is 36.1 Å². The first-order chi connectivity index (χ1) is 16.5. The third-order valence-corrected chi connectivity index (χ3v) is 6.21. The lowest BCUT2D eigenvalue weighted by atomic mass is 9.90. The van der Waals surface area contributed by atoms with Gasteiger partial charge in [0.25, 0.3) is 10.9 Å². The number of hydrogen-bond donors (Lipinski definition) is 4. The lowest BCUT2D eigenvalue weighted by Crippen LogP contribution is -2.48. The van der Waals surface area contributed by atoms with Gasteiger partial charge in [0.2, 0.25) is 5.91 Å². The van der Waals surface area contributed by atoms with Gasteiger partial charge in [0.1, 0.15) is 17.2 Å². The molecule has 8 heteroatoms. The molecule has 1 amide bonds. The van der Waals surface area contributed by atoms with Crippen LogP contribution in [0.25, 0.3) is 0 Å². The van der Waals surface area contributed by atoms with E-state index in [2.05, 4.69) is 32.8 Å². The van der Waals surface area contributed by atoms with Crippen molar-refractivity contribution < 1.29 is 4.79 Å². The van der Waals surface area contributed by atoms with Crippen molar-refractivity contribution in [3.05, 3.63) is 87.3 Å². The maximum absolute atomic E-state index is 12.3. The van der Waals surface area contributed by atoms with Crippen LogP contribution in [0.5, 0.6) is 0 Å². The van der Waals surface area contributed by atoms with Gasteiger partial charge in [-0.1, -0.05) is 49.8 Å². The highest BCUT2D eigenvalue weighted by molar-refractivity contribution is 5.87. The van der Waals surface area contributed by atoms with Gasteiger partial charge in [-0.3, -0.25) is 14.4 Å². The Labute approximate surface area is 198 Å². The van der Waals surface area contributed by atoms with E-state index in [1.54, 1.807) is 18.3 Å². The summed E-state index contributed by atoms with van der Waals surface area (Å²) in [5.41, 5.74) is 1.12. The molecule has 1 aromatic heterocycles. The summed E-state index contributed by atoms with van der Waals surface area (Å²) in [4.78, 5) is 40.7. The van der Waals surface area contributed by atoms with Crippen molar-refractivity contribution in [3.8, 4) is 0 Å². The fraction of sp³-hybridized carbons (Fsp3) is 0.308. The van der Waals surface area contributed by atoms with Crippen LogP contribution in [0.2, 0.25) is 0 Å². The summed E-state index contributed by atoms with van der Waals surface area (Å²) in [5, 5.41) is 12.6. The molecule has 2 aromatic carbocycles. The maximum atomic E-state index is 12.3. The zero-order chi connectivity index (χ0) is 24.1. The minimum atomic E-state index is -0.548. The van der Waals surface area contributed by atoms with Gasteiger partial charge in [-0.25, -0.2) is 4.98 Å². The first-order valence-electron chi connectivity index (χ1n) is 11.5. The number of nitrogens with zero attached hydrogens (tertiary/aromatic N) is 1. The van der Waals surface area contributed by atoms with E-state index < -0.39 is 10.9 Å². The van der Waals surface area contributed by atoms with E-state index in [0.717, 1.165) is 31.2 Å². The fourth-order valence-electron chi connectivity index (χ4n) is 4.33. The predicted molar refractivity (Wildman–Crippen MR) is 135 cm³/mol. The van der Waals surface area contributed by atoms with Crippen LogP contribution in [-0.4, -0.2) is 23.0 Å². The Kier molecular flexibility index (Phi) is 7.06.